The van der Waals surface area contributed by atoms with Gasteiger partial charge in [-0.2, -0.15) is 0 Å². The minimum atomic E-state index is -3.77. The quantitative estimate of drug-likeness (QED) is 0.494. The zero-order valence-corrected chi connectivity index (χ0v) is 19.5. The van der Waals surface area contributed by atoms with Crippen molar-refractivity contribution < 1.29 is 18.0 Å². The van der Waals surface area contributed by atoms with E-state index in [1.807, 2.05) is 31.4 Å². The van der Waals surface area contributed by atoms with Crippen LogP contribution in [0.2, 0.25) is 0 Å². The lowest BCUT2D eigenvalue weighted by molar-refractivity contribution is 0.0772. The Hall–Kier alpha value is -3.01. The van der Waals surface area contributed by atoms with Crippen molar-refractivity contribution in [3.05, 3.63) is 82.0 Å². The zero-order valence-electron chi connectivity index (χ0n) is 17.9. The van der Waals surface area contributed by atoms with Gasteiger partial charge in [-0.05, 0) is 61.7 Å². The van der Waals surface area contributed by atoms with Crippen LogP contribution in [-0.4, -0.2) is 38.2 Å². The van der Waals surface area contributed by atoms with Crippen LogP contribution in [0.3, 0.4) is 0 Å². The predicted molar refractivity (Wildman–Crippen MR) is 126 cm³/mol. The average Bonchev–Trinajstić information content (AvgIpc) is 3.33. The molecule has 0 spiro atoms. The Balaban J connectivity index is 1.74. The maximum Gasteiger partial charge on any atom is 0.255 e. The van der Waals surface area contributed by atoms with E-state index < -0.39 is 15.9 Å². The number of carbonyl (C=O) groups excluding carboxylic acids is 2. The summed E-state index contributed by atoms with van der Waals surface area (Å²) in [6, 6.07) is 16.2. The molecule has 0 unspecified atom stereocenters. The number of rotatable bonds is 9. The molecule has 0 aliphatic heterocycles. The molecule has 0 saturated carbocycles. The Morgan fingerprint density at radius 2 is 1.66 bits per heavy atom. The second-order valence-corrected chi connectivity index (χ2v) is 9.74. The first-order valence-corrected chi connectivity index (χ1v) is 12.5. The third-order valence-electron chi connectivity index (χ3n) is 4.84. The molecule has 1 aromatic heterocycles. The standard InChI is InChI=1S/C23H25N3O4S2/c1-3-26(4-2)23(28)18-9-5-10-19(14-18)25-22(27)17-8-6-12-21(15-17)32(29,30)24-16-20-11-7-13-31-20/h5-15,24H,3-4,16H2,1-2H3,(H,25,27). The lowest BCUT2D eigenvalue weighted by Gasteiger charge is -2.19. The number of hydrogen-bond acceptors (Lipinski definition) is 5. The molecule has 0 bridgehead atoms. The first-order chi connectivity index (χ1) is 15.3. The number of carbonyl (C=O) groups is 2. The van der Waals surface area contributed by atoms with Gasteiger partial charge < -0.3 is 10.2 Å². The number of nitrogens with zero attached hydrogens (tertiary/aromatic N) is 1. The van der Waals surface area contributed by atoms with Crippen molar-refractivity contribution in [2.24, 2.45) is 0 Å². The predicted octanol–water partition coefficient (Wildman–Crippen LogP) is 3.96. The van der Waals surface area contributed by atoms with Gasteiger partial charge in [-0.15, -0.1) is 11.3 Å². The summed E-state index contributed by atoms with van der Waals surface area (Å²) in [7, 11) is -3.77. The largest absolute Gasteiger partial charge is 0.339 e. The lowest BCUT2D eigenvalue weighted by atomic mass is 10.1. The first kappa shape index (κ1) is 23.6. The van der Waals surface area contributed by atoms with Gasteiger partial charge in [-0.25, -0.2) is 13.1 Å². The van der Waals surface area contributed by atoms with Crippen LogP contribution in [-0.2, 0) is 16.6 Å². The van der Waals surface area contributed by atoms with E-state index in [9.17, 15) is 18.0 Å². The van der Waals surface area contributed by atoms with Gasteiger partial charge in [0.25, 0.3) is 11.8 Å². The van der Waals surface area contributed by atoms with Crippen LogP contribution in [0, 0.1) is 0 Å². The highest BCUT2D eigenvalue weighted by Gasteiger charge is 2.17. The van der Waals surface area contributed by atoms with Gasteiger partial charge in [0, 0.05) is 41.3 Å². The van der Waals surface area contributed by atoms with Crippen molar-refractivity contribution in [2.45, 2.75) is 25.3 Å². The van der Waals surface area contributed by atoms with Gasteiger partial charge in [-0.3, -0.25) is 9.59 Å². The summed E-state index contributed by atoms with van der Waals surface area (Å²) in [5.41, 5.74) is 1.13. The van der Waals surface area contributed by atoms with Gasteiger partial charge in [0.15, 0.2) is 0 Å². The highest BCUT2D eigenvalue weighted by atomic mass is 32.2. The number of anilines is 1. The summed E-state index contributed by atoms with van der Waals surface area (Å²) in [6.07, 6.45) is 0. The summed E-state index contributed by atoms with van der Waals surface area (Å²) >= 11 is 1.46. The Kier molecular flexibility index (Phi) is 7.79. The molecule has 32 heavy (non-hydrogen) atoms. The monoisotopic (exact) mass is 471 g/mol. The van der Waals surface area contributed by atoms with Crippen LogP contribution in [0.15, 0.2) is 70.9 Å². The van der Waals surface area contributed by atoms with E-state index in [1.54, 1.807) is 35.2 Å². The molecule has 1 heterocycles. The summed E-state index contributed by atoms with van der Waals surface area (Å²) in [6.45, 7) is 5.18. The molecule has 2 N–H and O–H groups in total. The number of benzene rings is 2. The molecule has 9 heteroatoms. The number of sulfonamides is 1. The van der Waals surface area contributed by atoms with Crippen LogP contribution < -0.4 is 10.0 Å². The molecule has 0 aliphatic rings. The van der Waals surface area contributed by atoms with Crippen molar-refractivity contribution in [3.63, 3.8) is 0 Å². The van der Waals surface area contributed by atoms with Crippen molar-refractivity contribution in [1.82, 2.24) is 9.62 Å². The number of hydrogen-bond donors (Lipinski definition) is 2. The number of nitrogens with one attached hydrogen (secondary N) is 2. The molecule has 0 aliphatic carbocycles. The molecule has 0 radical (unpaired) electrons. The second-order valence-electron chi connectivity index (χ2n) is 6.94. The van der Waals surface area contributed by atoms with Crippen molar-refractivity contribution >= 4 is 38.9 Å². The van der Waals surface area contributed by atoms with Gasteiger partial charge in [0.05, 0.1) is 4.90 Å². The van der Waals surface area contributed by atoms with Gasteiger partial charge in [0.1, 0.15) is 0 Å². The fourth-order valence-corrected chi connectivity index (χ4v) is 4.88. The van der Waals surface area contributed by atoms with E-state index in [0.717, 1.165) is 4.88 Å². The molecule has 7 nitrogen and oxygen atoms in total. The van der Waals surface area contributed by atoms with Crippen molar-refractivity contribution in [3.8, 4) is 0 Å². The molecule has 2 amide bonds. The van der Waals surface area contributed by atoms with E-state index in [2.05, 4.69) is 10.0 Å². The smallest absolute Gasteiger partial charge is 0.255 e. The Bertz CT molecular complexity index is 1190. The maximum absolute atomic E-state index is 12.7. The molecule has 168 valence electrons. The Morgan fingerprint density at radius 3 is 2.34 bits per heavy atom. The maximum atomic E-state index is 12.7. The van der Waals surface area contributed by atoms with Crippen molar-refractivity contribution in [1.29, 1.82) is 0 Å². The topological polar surface area (TPSA) is 95.6 Å². The highest BCUT2D eigenvalue weighted by molar-refractivity contribution is 7.89. The van der Waals surface area contributed by atoms with E-state index in [0.29, 0.717) is 24.3 Å². The first-order valence-electron chi connectivity index (χ1n) is 10.2. The Morgan fingerprint density at radius 1 is 0.938 bits per heavy atom. The molecular weight excluding hydrogens is 446 g/mol. The SMILES string of the molecule is CCN(CC)C(=O)c1cccc(NC(=O)c2cccc(S(=O)(=O)NCc3cccs3)c2)c1. The third kappa shape index (κ3) is 5.82. The van der Waals surface area contributed by atoms with E-state index >= 15 is 0 Å². The van der Waals surface area contributed by atoms with Crippen LogP contribution in [0.4, 0.5) is 5.69 Å². The van der Waals surface area contributed by atoms with E-state index in [1.165, 1.54) is 29.5 Å². The molecule has 3 aromatic rings. The van der Waals surface area contributed by atoms with Crippen LogP contribution in [0.5, 0.6) is 0 Å². The van der Waals surface area contributed by atoms with Crippen LogP contribution >= 0.6 is 11.3 Å². The van der Waals surface area contributed by atoms with Gasteiger partial charge in [-0.1, -0.05) is 18.2 Å². The van der Waals surface area contributed by atoms with Gasteiger partial charge >= 0.3 is 0 Å². The minimum absolute atomic E-state index is 0.00664. The molecule has 0 saturated heterocycles. The molecule has 0 fully saturated rings. The second kappa shape index (κ2) is 10.5. The number of thiophene rings is 1. The van der Waals surface area contributed by atoms with Crippen molar-refractivity contribution in [2.75, 3.05) is 18.4 Å². The number of amides is 2. The summed E-state index contributed by atoms with van der Waals surface area (Å²) in [5.74, 6) is -0.580. The third-order valence-corrected chi connectivity index (χ3v) is 7.12. The normalized spacial score (nSPS) is 11.2. The molecule has 0 atom stereocenters. The van der Waals surface area contributed by atoms with Gasteiger partial charge in [0.2, 0.25) is 10.0 Å². The fraction of sp³-hybridized carbons (Fsp3) is 0.217. The molecule has 3 rings (SSSR count). The Labute approximate surface area is 192 Å². The average molecular weight is 472 g/mol. The lowest BCUT2D eigenvalue weighted by Crippen LogP contribution is -2.30. The van der Waals surface area contributed by atoms with E-state index in [-0.39, 0.29) is 22.9 Å². The zero-order chi connectivity index (χ0) is 23.1. The summed E-state index contributed by atoms with van der Waals surface area (Å²) < 4.78 is 27.8. The van der Waals surface area contributed by atoms with Crippen LogP contribution in [0.1, 0.15) is 39.4 Å². The summed E-state index contributed by atoms with van der Waals surface area (Å²) in [5, 5.41) is 4.61. The van der Waals surface area contributed by atoms with Crippen LogP contribution in [0.25, 0.3) is 0 Å². The van der Waals surface area contributed by atoms with E-state index in [4.69, 9.17) is 0 Å². The fourth-order valence-electron chi connectivity index (χ4n) is 3.09. The molecular formula is C23H25N3O4S2. The minimum Gasteiger partial charge on any atom is -0.339 e. The molecule has 2 aromatic carbocycles. The summed E-state index contributed by atoms with van der Waals surface area (Å²) in [4.78, 5) is 27.9. The highest BCUT2D eigenvalue weighted by Crippen LogP contribution is 2.17.